The Morgan fingerprint density at radius 1 is 1.04 bits per heavy atom. The SMILES string of the molecule is C[C@@H](c1ccc(S(C)(=O)=O)cc1)N(C)c1nccc(N(C)C)n1. The van der Waals surface area contributed by atoms with Crippen molar-refractivity contribution in [2.24, 2.45) is 0 Å². The number of hydrogen-bond acceptors (Lipinski definition) is 6. The van der Waals surface area contributed by atoms with Gasteiger partial charge >= 0.3 is 0 Å². The van der Waals surface area contributed by atoms with Crippen LogP contribution in [0.2, 0.25) is 0 Å². The fourth-order valence-electron chi connectivity index (χ4n) is 2.15. The van der Waals surface area contributed by atoms with Gasteiger partial charge < -0.3 is 9.80 Å². The minimum atomic E-state index is -3.18. The van der Waals surface area contributed by atoms with Crippen LogP contribution >= 0.6 is 0 Å². The van der Waals surface area contributed by atoms with Crippen molar-refractivity contribution in [1.29, 1.82) is 0 Å². The average molecular weight is 334 g/mol. The van der Waals surface area contributed by atoms with Crippen LogP contribution in [0.3, 0.4) is 0 Å². The fraction of sp³-hybridized carbons (Fsp3) is 0.375. The van der Waals surface area contributed by atoms with Crippen LogP contribution in [0.15, 0.2) is 41.4 Å². The van der Waals surface area contributed by atoms with E-state index in [1.807, 2.05) is 56.1 Å². The van der Waals surface area contributed by atoms with E-state index in [0.29, 0.717) is 10.8 Å². The van der Waals surface area contributed by atoms with Crippen LogP contribution in [-0.2, 0) is 9.84 Å². The first kappa shape index (κ1) is 17.2. The summed E-state index contributed by atoms with van der Waals surface area (Å²) in [5, 5.41) is 0. The van der Waals surface area contributed by atoms with E-state index >= 15 is 0 Å². The number of rotatable bonds is 5. The minimum absolute atomic E-state index is 0.0148. The number of sulfone groups is 1. The lowest BCUT2D eigenvalue weighted by Crippen LogP contribution is -2.24. The van der Waals surface area contributed by atoms with Gasteiger partial charge in [-0.05, 0) is 30.7 Å². The number of aromatic nitrogens is 2. The normalized spacial score (nSPS) is 12.7. The molecule has 0 bridgehead atoms. The third-order valence-corrected chi connectivity index (χ3v) is 4.90. The van der Waals surface area contributed by atoms with Crippen molar-refractivity contribution in [2.45, 2.75) is 17.9 Å². The van der Waals surface area contributed by atoms with E-state index in [1.165, 1.54) is 6.26 Å². The van der Waals surface area contributed by atoms with Crippen LogP contribution in [0.25, 0.3) is 0 Å². The van der Waals surface area contributed by atoms with Gasteiger partial charge in [0.15, 0.2) is 9.84 Å². The molecule has 2 rings (SSSR count). The highest BCUT2D eigenvalue weighted by atomic mass is 32.2. The lowest BCUT2D eigenvalue weighted by Gasteiger charge is -2.26. The van der Waals surface area contributed by atoms with Crippen LogP contribution in [-0.4, -0.2) is 45.8 Å². The van der Waals surface area contributed by atoms with Crippen molar-refractivity contribution < 1.29 is 8.42 Å². The van der Waals surface area contributed by atoms with Crippen LogP contribution in [0.1, 0.15) is 18.5 Å². The molecule has 0 spiro atoms. The molecule has 1 heterocycles. The maximum Gasteiger partial charge on any atom is 0.227 e. The first-order chi connectivity index (χ1) is 10.7. The standard InChI is InChI=1S/C16H22N4O2S/c1-12(13-6-8-14(9-7-13)23(5,21)22)20(4)16-17-11-10-15(18-16)19(2)3/h6-12H,1-5H3/t12-/m0/s1. The average Bonchev–Trinajstić information content (AvgIpc) is 2.53. The third-order valence-electron chi connectivity index (χ3n) is 3.77. The van der Waals surface area contributed by atoms with Gasteiger partial charge in [-0.25, -0.2) is 13.4 Å². The molecule has 0 aliphatic carbocycles. The van der Waals surface area contributed by atoms with E-state index in [2.05, 4.69) is 9.97 Å². The number of nitrogens with zero attached hydrogens (tertiary/aromatic N) is 4. The minimum Gasteiger partial charge on any atom is -0.363 e. The zero-order valence-corrected chi connectivity index (χ0v) is 14.9. The van der Waals surface area contributed by atoms with E-state index in [1.54, 1.807) is 18.3 Å². The number of hydrogen-bond donors (Lipinski definition) is 0. The molecule has 0 radical (unpaired) electrons. The molecule has 0 aliphatic heterocycles. The monoisotopic (exact) mass is 334 g/mol. The Morgan fingerprint density at radius 2 is 1.65 bits per heavy atom. The van der Waals surface area contributed by atoms with E-state index in [4.69, 9.17) is 0 Å². The molecule has 0 aliphatic rings. The fourth-order valence-corrected chi connectivity index (χ4v) is 2.78. The zero-order chi connectivity index (χ0) is 17.2. The highest BCUT2D eigenvalue weighted by Crippen LogP contribution is 2.24. The van der Waals surface area contributed by atoms with Crippen molar-refractivity contribution in [1.82, 2.24) is 9.97 Å². The first-order valence-corrected chi connectivity index (χ1v) is 9.12. The Morgan fingerprint density at radius 3 is 2.17 bits per heavy atom. The van der Waals surface area contributed by atoms with Crippen LogP contribution in [0.4, 0.5) is 11.8 Å². The predicted octanol–water partition coefficient (Wildman–Crippen LogP) is 2.14. The summed E-state index contributed by atoms with van der Waals surface area (Å²) in [6.07, 6.45) is 2.94. The van der Waals surface area contributed by atoms with Gasteiger partial charge in [0.25, 0.3) is 0 Å². The quantitative estimate of drug-likeness (QED) is 0.835. The molecule has 124 valence electrons. The van der Waals surface area contributed by atoms with Gasteiger partial charge in [-0.2, -0.15) is 4.98 Å². The predicted molar refractivity (Wildman–Crippen MR) is 92.7 cm³/mol. The summed E-state index contributed by atoms with van der Waals surface area (Å²) < 4.78 is 23.1. The van der Waals surface area contributed by atoms with E-state index in [-0.39, 0.29) is 6.04 Å². The van der Waals surface area contributed by atoms with Crippen molar-refractivity contribution in [3.63, 3.8) is 0 Å². The van der Waals surface area contributed by atoms with Gasteiger partial charge in [0.1, 0.15) is 5.82 Å². The summed E-state index contributed by atoms with van der Waals surface area (Å²) >= 11 is 0. The summed E-state index contributed by atoms with van der Waals surface area (Å²) in [5.41, 5.74) is 0.999. The molecule has 0 unspecified atom stereocenters. The second-order valence-electron chi connectivity index (χ2n) is 5.74. The van der Waals surface area contributed by atoms with Crippen LogP contribution < -0.4 is 9.80 Å². The molecule has 0 saturated carbocycles. The summed E-state index contributed by atoms with van der Waals surface area (Å²) in [4.78, 5) is 13.0. The molecule has 23 heavy (non-hydrogen) atoms. The Bertz CT molecular complexity index is 773. The maximum atomic E-state index is 11.5. The van der Waals surface area contributed by atoms with E-state index in [0.717, 1.165) is 11.4 Å². The smallest absolute Gasteiger partial charge is 0.227 e. The lowest BCUT2D eigenvalue weighted by molar-refractivity contribution is 0.601. The van der Waals surface area contributed by atoms with Crippen molar-refractivity contribution in [3.8, 4) is 0 Å². The highest BCUT2D eigenvalue weighted by Gasteiger charge is 2.16. The second kappa shape index (κ2) is 6.54. The summed E-state index contributed by atoms with van der Waals surface area (Å²) in [5.74, 6) is 1.46. The molecular weight excluding hydrogens is 312 g/mol. The zero-order valence-electron chi connectivity index (χ0n) is 14.1. The molecule has 0 N–H and O–H groups in total. The lowest BCUT2D eigenvalue weighted by atomic mass is 10.1. The van der Waals surface area contributed by atoms with Gasteiger partial charge in [-0.3, -0.25) is 0 Å². The number of anilines is 2. The Labute approximate surface area is 137 Å². The van der Waals surface area contributed by atoms with Gasteiger partial charge in [0, 0.05) is 33.6 Å². The Hall–Kier alpha value is -2.15. The molecule has 1 aromatic heterocycles. The molecule has 2 aromatic rings. The molecule has 0 saturated heterocycles. The molecule has 1 atom stereocenters. The van der Waals surface area contributed by atoms with E-state index in [9.17, 15) is 8.42 Å². The first-order valence-electron chi connectivity index (χ1n) is 7.23. The highest BCUT2D eigenvalue weighted by molar-refractivity contribution is 7.90. The molecule has 0 fully saturated rings. The molecule has 1 aromatic carbocycles. The van der Waals surface area contributed by atoms with Crippen molar-refractivity contribution >= 4 is 21.6 Å². The second-order valence-corrected chi connectivity index (χ2v) is 7.75. The number of benzene rings is 1. The summed E-state index contributed by atoms with van der Waals surface area (Å²) in [6.45, 7) is 2.03. The molecule has 0 amide bonds. The van der Waals surface area contributed by atoms with E-state index < -0.39 is 9.84 Å². The van der Waals surface area contributed by atoms with Gasteiger partial charge in [0.2, 0.25) is 5.95 Å². The van der Waals surface area contributed by atoms with Gasteiger partial charge in [-0.15, -0.1) is 0 Å². The largest absolute Gasteiger partial charge is 0.363 e. The maximum absolute atomic E-state index is 11.5. The third kappa shape index (κ3) is 3.98. The summed E-state index contributed by atoms with van der Waals surface area (Å²) in [6, 6.07) is 8.78. The van der Waals surface area contributed by atoms with Crippen LogP contribution in [0.5, 0.6) is 0 Å². The Kier molecular flexibility index (Phi) is 4.89. The van der Waals surface area contributed by atoms with Crippen LogP contribution in [0, 0.1) is 0 Å². The Balaban J connectivity index is 2.25. The molecule has 7 heteroatoms. The van der Waals surface area contributed by atoms with Crippen molar-refractivity contribution in [2.75, 3.05) is 37.2 Å². The van der Waals surface area contributed by atoms with Crippen molar-refractivity contribution in [3.05, 3.63) is 42.1 Å². The van der Waals surface area contributed by atoms with Gasteiger partial charge in [0.05, 0.1) is 10.9 Å². The van der Waals surface area contributed by atoms with Gasteiger partial charge in [-0.1, -0.05) is 12.1 Å². The topological polar surface area (TPSA) is 66.4 Å². The molecular formula is C16H22N4O2S. The summed E-state index contributed by atoms with van der Waals surface area (Å²) in [7, 11) is 2.60. The molecule has 6 nitrogen and oxygen atoms in total.